The van der Waals surface area contributed by atoms with E-state index in [9.17, 15) is 8.42 Å². The van der Waals surface area contributed by atoms with E-state index < -0.39 is 9.84 Å². The van der Waals surface area contributed by atoms with Crippen molar-refractivity contribution in [3.63, 3.8) is 0 Å². The molecule has 0 aliphatic heterocycles. The highest BCUT2D eigenvalue weighted by Crippen LogP contribution is 2.18. The first-order chi connectivity index (χ1) is 5.96. The lowest BCUT2D eigenvalue weighted by Crippen LogP contribution is -2.08. The summed E-state index contributed by atoms with van der Waals surface area (Å²) in [4.78, 5) is -0.123. The predicted molar refractivity (Wildman–Crippen MR) is 50.6 cm³/mol. The maximum absolute atomic E-state index is 11.4. The van der Waals surface area contributed by atoms with Crippen LogP contribution in [0.1, 0.15) is 12.8 Å². The van der Waals surface area contributed by atoms with E-state index in [0.717, 1.165) is 0 Å². The van der Waals surface area contributed by atoms with Crippen molar-refractivity contribution in [3.05, 3.63) is 23.0 Å². The van der Waals surface area contributed by atoms with Gasteiger partial charge in [-0.05, 0) is 0 Å². The minimum Gasteiger partial charge on any atom is -0.396 e. The largest absolute Gasteiger partial charge is 0.396 e. The summed E-state index contributed by atoms with van der Waals surface area (Å²) in [5, 5.41) is 17.0. The average Bonchev–Trinajstić information content (AvgIpc) is 2.05. The predicted octanol–water partition coefficient (Wildman–Crippen LogP) is 0.193. The first-order valence-corrected chi connectivity index (χ1v) is 5.27. The molecule has 0 radical (unpaired) electrons. The zero-order chi connectivity index (χ0) is 10.5. The molecule has 0 aromatic heterocycles. The van der Waals surface area contributed by atoms with Crippen LogP contribution in [-0.4, -0.2) is 31.8 Å². The smallest absolute Gasteiger partial charge is 0.197 e. The summed E-state index contributed by atoms with van der Waals surface area (Å²) in [6.45, 7) is 6.14. The summed E-state index contributed by atoms with van der Waals surface area (Å²) < 4.78 is 22.8. The molecule has 76 valence electrons. The number of aliphatic hydroxyl groups is 2. The van der Waals surface area contributed by atoms with E-state index in [1.807, 2.05) is 0 Å². The van der Waals surface area contributed by atoms with Crippen molar-refractivity contribution >= 4 is 9.84 Å². The van der Waals surface area contributed by atoms with E-state index in [-0.39, 0.29) is 35.9 Å². The molecule has 0 atom stereocenters. The van der Waals surface area contributed by atoms with Gasteiger partial charge in [-0.25, -0.2) is 8.42 Å². The summed E-state index contributed by atoms with van der Waals surface area (Å²) in [6, 6.07) is 0. The Kier molecular flexibility index (Phi) is 4.90. The van der Waals surface area contributed by atoms with Crippen molar-refractivity contribution < 1.29 is 18.6 Å². The van der Waals surface area contributed by atoms with E-state index in [2.05, 4.69) is 13.2 Å². The Balaban J connectivity index is 4.57. The van der Waals surface area contributed by atoms with Gasteiger partial charge in [0.2, 0.25) is 0 Å². The van der Waals surface area contributed by atoms with Crippen LogP contribution in [0, 0.1) is 0 Å². The van der Waals surface area contributed by atoms with Crippen molar-refractivity contribution in [1.82, 2.24) is 0 Å². The Labute approximate surface area is 78.1 Å². The molecule has 0 saturated heterocycles. The van der Waals surface area contributed by atoms with Crippen LogP contribution in [0.5, 0.6) is 0 Å². The van der Waals surface area contributed by atoms with E-state index in [1.165, 1.54) is 0 Å². The summed E-state index contributed by atoms with van der Waals surface area (Å²) in [5.41, 5.74) is 0. The van der Waals surface area contributed by atoms with Gasteiger partial charge in [0.1, 0.15) is 0 Å². The molecule has 0 aliphatic rings. The standard InChI is InChI=1S/C8H14O4S/c1-7(3-5-9)13(11,12)8(2)4-6-10/h9-10H,1-6H2. The minimum atomic E-state index is -3.57. The molecule has 2 N–H and O–H groups in total. The Morgan fingerprint density at radius 2 is 1.31 bits per heavy atom. The van der Waals surface area contributed by atoms with Gasteiger partial charge in [0.05, 0.1) is 0 Å². The van der Waals surface area contributed by atoms with Gasteiger partial charge in [-0.2, -0.15) is 0 Å². The molecule has 0 spiro atoms. The third kappa shape index (κ3) is 3.30. The number of rotatable bonds is 6. The van der Waals surface area contributed by atoms with Crippen LogP contribution < -0.4 is 0 Å². The molecule has 0 bridgehead atoms. The molecule has 0 saturated carbocycles. The fraction of sp³-hybridized carbons (Fsp3) is 0.500. The highest BCUT2D eigenvalue weighted by Gasteiger charge is 2.18. The van der Waals surface area contributed by atoms with Gasteiger partial charge in [-0.15, -0.1) is 0 Å². The van der Waals surface area contributed by atoms with Crippen molar-refractivity contribution in [3.8, 4) is 0 Å². The number of sulfone groups is 1. The summed E-state index contributed by atoms with van der Waals surface area (Å²) >= 11 is 0. The maximum atomic E-state index is 11.4. The lowest BCUT2D eigenvalue weighted by molar-refractivity contribution is 0.300. The molecule has 0 aromatic carbocycles. The van der Waals surface area contributed by atoms with Crippen LogP contribution in [0.2, 0.25) is 0 Å². The van der Waals surface area contributed by atoms with Crippen molar-refractivity contribution in [2.24, 2.45) is 0 Å². The lowest BCUT2D eigenvalue weighted by Gasteiger charge is -2.07. The summed E-state index contributed by atoms with van der Waals surface area (Å²) in [7, 11) is -3.57. The highest BCUT2D eigenvalue weighted by molar-refractivity contribution is 7.98. The number of hydrogen-bond donors (Lipinski definition) is 2. The fourth-order valence-electron chi connectivity index (χ4n) is 0.722. The zero-order valence-corrected chi connectivity index (χ0v) is 8.18. The van der Waals surface area contributed by atoms with E-state index >= 15 is 0 Å². The monoisotopic (exact) mass is 206 g/mol. The van der Waals surface area contributed by atoms with Crippen molar-refractivity contribution in [2.75, 3.05) is 13.2 Å². The first-order valence-electron chi connectivity index (χ1n) is 3.79. The molecule has 0 rings (SSSR count). The fourth-order valence-corrected chi connectivity index (χ4v) is 1.85. The van der Waals surface area contributed by atoms with E-state index in [1.54, 1.807) is 0 Å². The lowest BCUT2D eigenvalue weighted by atomic mass is 10.4. The average molecular weight is 206 g/mol. The van der Waals surface area contributed by atoms with Crippen LogP contribution in [0.3, 0.4) is 0 Å². The molecule has 0 aromatic rings. The molecule has 0 fully saturated rings. The quantitative estimate of drug-likeness (QED) is 0.650. The second-order valence-corrected chi connectivity index (χ2v) is 4.69. The topological polar surface area (TPSA) is 74.6 Å². The zero-order valence-electron chi connectivity index (χ0n) is 7.36. The van der Waals surface area contributed by atoms with Gasteiger partial charge in [0.15, 0.2) is 9.84 Å². The molecular formula is C8H14O4S. The Bertz CT molecular complexity index is 265. The van der Waals surface area contributed by atoms with Crippen LogP contribution in [0.25, 0.3) is 0 Å². The van der Waals surface area contributed by atoms with Gasteiger partial charge in [-0.1, -0.05) is 13.2 Å². The minimum absolute atomic E-state index is 0.00673. The van der Waals surface area contributed by atoms with Gasteiger partial charge < -0.3 is 10.2 Å². The Morgan fingerprint density at radius 1 is 1.00 bits per heavy atom. The third-order valence-electron chi connectivity index (χ3n) is 1.54. The summed E-state index contributed by atoms with van der Waals surface area (Å²) in [6.07, 6.45) is 0.0135. The van der Waals surface area contributed by atoms with Gasteiger partial charge >= 0.3 is 0 Å². The van der Waals surface area contributed by atoms with Crippen LogP contribution in [0.4, 0.5) is 0 Å². The molecule has 0 aliphatic carbocycles. The second-order valence-electron chi connectivity index (χ2n) is 2.53. The first kappa shape index (κ1) is 12.3. The van der Waals surface area contributed by atoms with Crippen LogP contribution >= 0.6 is 0 Å². The number of hydrogen-bond acceptors (Lipinski definition) is 4. The van der Waals surface area contributed by atoms with Crippen molar-refractivity contribution in [2.45, 2.75) is 12.8 Å². The molecule has 0 unspecified atom stereocenters. The van der Waals surface area contributed by atoms with Gasteiger partial charge in [0, 0.05) is 35.9 Å². The van der Waals surface area contributed by atoms with E-state index in [0.29, 0.717) is 0 Å². The number of aliphatic hydroxyl groups excluding tert-OH is 2. The van der Waals surface area contributed by atoms with Crippen molar-refractivity contribution in [1.29, 1.82) is 0 Å². The van der Waals surface area contributed by atoms with Gasteiger partial charge in [-0.3, -0.25) is 0 Å². The normalized spacial score (nSPS) is 11.2. The second kappa shape index (κ2) is 5.16. The van der Waals surface area contributed by atoms with E-state index in [4.69, 9.17) is 10.2 Å². The molecule has 0 amide bonds. The Morgan fingerprint density at radius 3 is 1.54 bits per heavy atom. The Hall–Kier alpha value is -0.650. The van der Waals surface area contributed by atoms with Gasteiger partial charge in [0.25, 0.3) is 0 Å². The highest BCUT2D eigenvalue weighted by atomic mass is 32.2. The molecular weight excluding hydrogens is 192 g/mol. The van der Waals surface area contributed by atoms with Crippen LogP contribution in [0.15, 0.2) is 23.0 Å². The van der Waals surface area contributed by atoms with Crippen LogP contribution in [-0.2, 0) is 9.84 Å². The SMILES string of the molecule is C=C(CCO)S(=O)(=O)C(=C)CCO. The molecule has 13 heavy (non-hydrogen) atoms. The maximum Gasteiger partial charge on any atom is 0.197 e. The molecule has 0 heterocycles. The molecule has 5 heteroatoms. The molecule has 4 nitrogen and oxygen atoms in total. The summed E-state index contributed by atoms with van der Waals surface area (Å²) in [5.74, 6) is 0. The third-order valence-corrected chi connectivity index (χ3v) is 3.47.